The van der Waals surface area contributed by atoms with E-state index in [1.807, 2.05) is 45.9 Å². The summed E-state index contributed by atoms with van der Waals surface area (Å²) >= 11 is 0.882. The molecule has 3 amide bonds. The molecule has 2 saturated heterocycles. The van der Waals surface area contributed by atoms with Gasteiger partial charge in [0, 0.05) is 18.7 Å². The van der Waals surface area contributed by atoms with Crippen molar-refractivity contribution in [3.05, 3.63) is 28.7 Å². The lowest BCUT2D eigenvalue weighted by molar-refractivity contribution is -0.115. The number of alkyl carbamates (subject to hydrolysis) is 1. The molecule has 0 unspecified atom stereocenters. The summed E-state index contributed by atoms with van der Waals surface area (Å²) in [4.78, 5) is 38.1. The SMILES string of the molecule is CCOc1cccc(/C=C2\SC(=O)NC2=O)c1N1CC[C@H](NC(=O)OC(C)(C)C)C1. The Morgan fingerprint density at radius 1 is 1.37 bits per heavy atom. The van der Waals surface area contributed by atoms with Crippen LogP contribution in [-0.2, 0) is 9.53 Å². The Hall–Kier alpha value is -2.68. The first kappa shape index (κ1) is 22.0. The minimum Gasteiger partial charge on any atom is -0.492 e. The Morgan fingerprint density at radius 3 is 2.77 bits per heavy atom. The van der Waals surface area contributed by atoms with E-state index in [0.717, 1.165) is 29.4 Å². The van der Waals surface area contributed by atoms with Crippen LogP contribution in [0.1, 0.15) is 39.7 Å². The molecule has 0 aromatic heterocycles. The van der Waals surface area contributed by atoms with Crippen LogP contribution in [0.2, 0.25) is 0 Å². The number of benzene rings is 1. The molecule has 2 heterocycles. The van der Waals surface area contributed by atoms with Crippen molar-refractivity contribution in [1.82, 2.24) is 10.6 Å². The van der Waals surface area contributed by atoms with Gasteiger partial charge in [0.15, 0.2) is 0 Å². The summed E-state index contributed by atoms with van der Waals surface area (Å²) in [6.07, 6.45) is 2.02. The summed E-state index contributed by atoms with van der Waals surface area (Å²) in [6.45, 7) is 9.17. The quantitative estimate of drug-likeness (QED) is 0.686. The predicted molar refractivity (Wildman–Crippen MR) is 117 cm³/mol. The third kappa shape index (κ3) is 5.47. The van der Waals surface area contributed by atoms with Crippen molar-refractivity contribution < 1.29 is 23.9 Å². The Kier molecular flexibility index (Phi) is 6.60. The third-order valence-corrected chi connectivity index (χ3v) is 5.29. The Morgan fingerprint density at radius 2 is 2.13 bits per heavy atom. The van der Waals surface area contributed by atoms with Crippen LogP contribution in [0.4, 0.5) is 15.3 Å². The fourth-order valence-corrected chi connectivity index (χ4v) is 4.06. The van der Waals surface area contributed by atoms with Gasteiger partial charge in [0.05, 0.1) is 23.2 Å². The summed E-state index contributed by atoms with van der Waals surface area (Å²) in [5, 5.41) is 4.82. The summed E-state index contributed by atoms with van der Waals surface area (Å²) < 4.78 is 11.2. The second-order valence-corrected chi connectivity index (χ2v) is 9.07. The van der Waals surface area contributed by atoms with Gasteiger partial charge in [-0.3, -0.25) is 14.9 Å². The second-order valence-electron chi connectivity index (χ2n) is 8.06. The van der Waals surface area contributed by atoms with Crippen molar-refractivity contribution in [3.8, 4) is 5.75 Å². The topological polar surface area (TPSA) is 97.0 Å². The van der Waals surface area contributed by atoms with Gasteiger partial charge in [-0.25, -0.2) is 4.79 Å². The highest BCUT2D eigenvalue weighted by molar-refractivity contribution is 8.18. The summed E-state index contributed by atoms with van der Waals surface area (Å²) in [5.41, 5.74) is 1.07. The zero-order valence-corrected chi connectivity index (χ0v) is 18.4. The maximum absolute atomic E-state index is 12.1. The number of anilines is 1. The molecule has 8 nitrogen and oxygen atoms in total. The lowest BCUT2D eigenvalue weighted by Crippen LogP contribution is -2.40. The summed E-state index contributed by atoms with van der Waals surface area (Å²) in [7, 11) is 0. The molecule has 1 aromatic rings. The Balaban J connectivity index is 1.82. The maximum atomic E-state index is 12.1. The van der Waals surface area contributed by atoms with Crippen LogP contribution in [0, 0.1) is 0 Å². The normalized spacial score (nSPS) is 20.5. The number of amides is 3. The number of nitrogens with zero attached hydrogens (tertiary/aromatic N) is 1. The van der Waals surface area contributed by atoms with Gasteiger partial charge in [-0.05, 0) is 58.0 Å². The van der Waals surface area contributed by atoms with Crippen molar-refractivity contribution in [3.63, 3.8) is 0 Å². The zero-order valence-electron chi connectivity index (χ0n) is 17.6. The number of carbonyl (C=O) groups is 3. The monoisotopic (exact) mass is 433 g/mol. The fraction of sp³-hybridized carbons (Fsp3) is 0.476. The molecule has 0 saturated carbocycles. The van der Waals surface area contributed by atoms with Gasteiger partial charge >= 0.3 is 6.09 Å². The molecule has 0 radical (unpaired) electrons. The average Bonchev–Trinajstić information content (AvgIpc) is 3.20. The minimum atomic E-state index is -0.555. The molecule has 0 aliphatic carbocycles. The largest absolute Gasteiger partial charge is 0.492 e. The molecule has 9 heteroatoms. The molecular weight excluding hydrogens is 406 g/mol. The van der Waals surface area contributed by atoms with E-state index in [-0.39, 0.29) is 11.3 Å². The third-order valence-electron chi connectivity index (χ3n) is 4.48. The van der Waals surface area contributed by atoms with Gasteiger partial charge in [0.25, 0.3) is 11.1 Å². The highest BCUT2D eigenvalue weighted by Gasteiger charge is 2.30. The van der Waals surface area contributed by atoms with E-state index in [4.69, 9.17) is 9.47 Å². The van der Waals surface area contributed by atoms with Crippen LogP contribution in [-0.4, -0.2) is 48.6 Å². The molecule has 2 aliphatic heterocycles. The molecule has 0 spiro atoms. The highest BCUT2D eigenvalue weighted by Crippen LogP contribution is 2.37. The van der Waals surface area contributed by atoms with Crippen molar-refractivity contribution >= 4 is 40.8 Å². The lowest BCUT2D eigenvalue weighted by atomic mass is 10.1. The van der Waals surface area contributed by atoms with E-state index in [9.17, 15) is 14.4 Å². The molecule has 2 fully saturated rings. The molecular formula is C21H27N3O5S. The van der Waals surface area contributed by atoms with Gasteiger partial charge in [-0.2, -0.15) is 0 Å². The van der Waals surface area contributed by atoms with Crippen LogP contribution < -0.4 is 20.3 Å². The minimum absolute atomic E-state index is 0.0687. The second kappa shape index (κ2) is 8.99. The van der Waals surface area contributed by atoms with Crippen LogP contribution in [0.25, 0.3) is 6.08 Å². The molecule has 30 heavy (non-hydrogen) atoms. The van der Waals surface area contributed by atoms with Gasteiger partial charge in [0.1, 0.15) is 11.4 Å². The van der Waals surface area contributed by atoms with Gasteiger partial charge in [-0.1, -0.05) is 12.1 Å². The Labute approximate surface area is 180 Å². The van der Waals surface area contributed by atoms with E-state index < -0.39 is 17.6 Å². The van der Waals surface area contributed by atoms with E-state index in [1.165, 1.54) is 0 Å². The molecule has 2 aliphatic rings. The number of nitrogens with one attached hydrogen (secondary N) is 2. The molecule has 3 rings (SSSR count). The van der Waals surface area contributed by atoms with Crippen molar-refractivity contribution in [2.24, 2.45) is 0 Å². The molecule has 1 aromatic carbocycles. The molecule has 2 N–H and O–H groups in total. The number of rotatable bonds is 5. The summed E-state index contributed by atoms with van der Waals surface area (Å²) in [6, 6.07) is 5.55. The average molecular weight is 434 g/mol. The first-order chi connectivity index (χ1) is 14.2. The van der Waals surface area contributed by atoms with E-state index in [2.05, 4.69) is 15.5 Å². The first-order valence-electron chi connectivity index (χ1n) is 9.91. The molecule has 0 bridgehead atoms. The van der Waals surface area contributed by atoms with E-state index >= 15 is 0 Å². The number of ether oxygens (including phenoxy) is 2. The highest BCUT2D eigenvalue weighted by atomic mass is 32.2. The van der Waals surface area contributed by atoms with E-state index in [1.54, 1.807) is 6.08 Å². The van der Waals surface area contributed by atoms with Crippen LogP contribution in [0.3, 0.4) is 0 Å². The maximum Gasteiger partial charge on any atom is 0.407 e. The van der Waals surface area contributed by atoms with Crippen molar-refractivity contribution in [1.29, 1.82) is 0 Å². The predicted octanol–water partition coefficient (Wildman–Crippen LogP) is 3.51. The number of carbonyl (C=O) groups excluding carboxylic acids is 3. The van der Waals surface area contributed by atoms with Gasteiger partial charge in [0.2, 0.25) is 0 Å². The van der Waals surface area contributed by atoms with Crippen molar-refractivity contribution in [2.45, 2.75) is 45.8 Å². The number of imide groups is 1. The molecule has 1 atom stereocenters. The van der Waals surface area contributed by atoms with Crippen LogP contribution in [0.15, 0.2) is 23.1 Å². The first-order valence-corrected chi connectivity index (χ1v) is 10.7. The standard InChI is InChI=1S/C21H27N3O5S/c1-5-28-15-8-6-7-13(11-16-18(25)23-20(27)30-16)17(15)24-10-9-14(12-24)22-19(26)29-21(2,3)4/h6-8,11,14H,5,9-10,12H2,1-4H3,(H,22,26)(H,23,25,27)/b16-11-/t14-/m0/s1. The Bertz CT molecular complexity index is 878. The zero-order chi connectivity index (χ0) is 21.9. The van der Waals surface area contributed by atoms with Gasteiger partial charge in [-0.15, -0.1) is 0 Å². The number of hydrogen-bond donors (Lipinski definition) is 2. The van der Waals surface area contributed by atoms with Gasteiger partial charge < -0.3 is 19.7 Å². The number of para-hydroxylation sites is 1. The number of thioether (sulfide) groups is 1. The summed E-state index contributed by atoms with van der Waals surface area (Å²) in [5.74, 6) is 0.295. The smallest absolute Gasteiger partial charge is 0.407 e. The molecule has 162 valence electrons. The van der Waals surface area contributed by atoms with Crippen molar-refractivity contribution in [2.75, 3.05) is 24.6 Å². The fourth-order valence-electron chi connectivity index (χ4n) is 3.38. The van der Waals surface area contributed by atoms with E-state index in [0.29, 0.717) is 30.4 Å². The lowest BCUT2D eigenvalue weighted by Gasteiger charge is -2.25. The van der Waals surface area contributed by atoms with Crippen LogP contribution in [0.5, 0.6) is 5.75 Å². The van der Waals surface area contributed by atoms with Crippen LogP contribution >= 0.6 is 11.8 Å². The number of hydrogen-bond acceptors (Lipinski definition) is 7.